The first-order valence-electron chi connectivity index (χ1n) is 10.0. The lowest BCUT2D eigenvalue weighted by atomic mass is 10.1. The standard InChI is InChI=1S/C21H22ClN5O4/c1-2-31-19(28)7-9-23-21(30)26-10-8-14-17(12-26)24-18-11-16(25-27(18)20(14)29)13-5-3-4-6-15(13)22/h3-6,11,25H,2,7-10,12H2,1H3,(H,23,30). The molecule has 0 saturated heterocycles. The van der Waals surface area contributed by atoms with Crippen molar-refractivity contribution in [1.29, 1.82) is 0 Å². The van der Waals surface area contributed by atoms with E-state index < -0.39 is 0 Å². The van der Waals surface area contributed by atoms with Crippen molar-refractivity contribution in [3.05, 3.63) is 57.0 Å². The molecule has 0 spiro atoms. The molecule has 2 aromatic heterocycles. The van der Waals surface area contributed by atoms with Crippen LogP contribution in [0.5, 0.6) is 0 Å². The number of hydrogen-bond acceptors (Lipinski definition) is 5. The number of nitrogens with zero attached hydrogens (tertiary/aromatic N) is 3. The van der Waals surface area contributed by atoms with Gasteiger partial charge in [-0.3, -0.25) is 14.7 Å². The summed E-state index contributed by atoms with van der Waals surface area (Å²) in [5, 5.41) is 6.35. The fourth-order valence-corrected chi connectivity index (χ4v) is 3.84. The summed E-state index contributed by atoms with van der Waals surface area (Å²) in [4.78, 5) is 43.0. The molecule has 0 aliphatic carbocycles. The van der Waals surface area contributed by atoms with E-state index in [-0.39, 0.29) is 37.1 Å². The maximum Gasteiger partial charge on any atom is 0.317 e. The molecule has 162 valence electrons. The number of hydrogen-bond donors (Lipinski definition) is 2. The largest absolute Gasteiger partial charge is 0.466 e. The minimum absolute atomic E-state index is 0.110. The highest BCUT2D eigenvalue weighted by Crippen LogP contribution is 2.27. The zero-order valence-corrected chi connectivity index (χ0v) is 17.7. The molecule has 9 nitrogen and oxygen atoms in total. The Balaban J connectivity index is 1.53. The van der Waals surface area contributed by atoms with Crippen LogP contribution in [0.2, 0.25) is 5.02 Å². The molecule has 3 heterocycles. The van der Waals surface area contributed by atoms with Gasteiger partial charge >= 0.3 is 12.0 Å². The van der Waals surface area contributed by atoms with Gasteiger partial charge in [0.25, 0.3) is 5.56 Å². The average molecular weight is 444 g/mol. The maximum atomic E-state index is 13.0. The van der Waals surface area contributed by atoms with E-state index in [9.17, 15) is 14.4 Å². The zero-order valence-electron chi connectivity index (χ0n) is 17.0. The normalized spacial score (nSPS) is 13.2. The molecule has 10 heteroatoms. The number of benzene rings is 1. The van der Waals surface area contributed by atoms with Crippen LogP contribution in [0.15, 0.2) is 35.1 Å². The van der Waals surface area contributed by atoms with Gasteiger partial charge in [-0.1, -0.05) is 29.8 Å². The van der Waals surface area contributed by atoms with Crippen LogP contribution in [0.25, 0.3) is 16.9 Å². The van der Waals surface area contributed by atoms with Gasteiger partial charge < -0.3 is 15.0 Å². The number of halogens is 1. The SMILES string of the molecule is CCOC(=O)CCNC(=O)N1CCc2c(nc3cc(-c4ccccc4Cl)[nH]n3c2=O)C1. The van der Waals surface area contributed by atoms with Crippen molar-refractivity contribution in [2.45, 2.75) is 26.3 Å². The van der Waals surface area contributed by atoms with Crippen LogP contribution in [0.4, 0.5) is 4.79 Å². The molecule has 1 aliphatic rings. The second kappa shape index (κ2) is 8.81. The van der Waals surface area contributed by atoms with Crippen molar-refractivity contribution >= 4 is 29.2 Å². The number of fused-ring (bicyclic) bond motifs is 2. The Kier molecular flexibility index (Phi) is 5.94. The third-order valence-electron chi connectivity index (χ3n) is 5.13. The number of nitrogens with one attached hydrogen (secondary N) is 2. The van der Waals surface area contributed by atoms with E-state index in [0.717, 1.165) is 5.56 Å². The number of ether oxygens (including phenoxy) is 1. The first-order valence-corrected chi connectivity index (χ1v) is 10.4. The van der Waals surface area contributed by atoms with Gasteiger partial charge in [-0.25, -0.2) is 14.3 Å². The number of urea groups is 1. The van der Waals surface area contributed by atoms with Gasteiger partial charge in [-0.15, -0.1) is 0 Å². The van der Waals surface area contributed by atoms with E-state index in [1.807, 2.05) is 18.2 Å². The molecule has 2 N–H and O–H groups in total. The molecule has 31 heavy (non-hydrogen) atoms. The Labute approximate surface area is 183 Å². The van der Waals surface area contributed by atoms with E-state index in [1.54, 1.807) is 24.0 Å². The van der Waals surface area contributed by atoms with Crippen LogP contribution < -0.4 is 10.9 Å². The van der Waals surface area contributed by atoms with Crippen LogP contribution in [0.1, 0.15) is 24.6 Å². The van der Waals surface area contributed by atoms with Crippen molar-refractivity contribution in [2.24, 2.45) is 0 Å². The van der Waals surface area contributed by atoms with Gasteiger partial charge in [0, 0.05) is 35.3 Å². The summed E-state index contributed by atoms with van der Waals surface area (Å²) in [6, 6.07) is 8.81. The number of carbonyl (C=O) groups is 2. The zero-order chi connectivity index (χ0) is 22.0. The molecule has 0 unspecified atom stereocenters. The molecule has 0 saturated carbocycles. The van der Waals surface area contributed by atoms with Gasteiger partial charge in [-0.05, 0) is 19.4 Å². The minimum Gasteiger partial charge on any atom is -0.466 e. The molecule has 3 aromatic rings. The summed E-state index contributed by atoms with van der Waals surface area (Å²) in [7, 11) is 0. The van der Waals surface area contributed by atoms with E-state index in [4.69, 9.17) is 16.3 Å². The Morgan fingerprint density at radius 2 is 2.13 bits per heavy atom. The van der Waals surface area contributed by atoms with Gasteiger partial charge in [0.2, 0.25) is 0 Å². The lowest BCUT2D eigenvalue weighted by Crippen LogP contribution is -2.45. The van der Waals surface area contributed by atoms with Crippen LogP contribution in [0.3, 0.4) is 0 Å². The fourth-order valence-electron chi connectivity index (χ4n) is 3.60. The van der Waals surface area contributed by atoms with E-state index >= 15 is 0 Å². The van der Waals surface area contributed by atoms with Crippen LogP contribution in [-0.2, 0) is 22.5 Å². The van der Waals surface area contributed by atoms with Crippen molar-refractivity contribution < 1.29 is 14.3 Å². The Bertz CT molecular complexity index is 1200. The molecular weight excluding hydrogens is 422 g/mol. The molecule has 4 rings (SSSR count). The van der Waals surface area contributed by atoms with E-state index in [0.29, 0.717) is 47.2 Å². The highest BCUT2D eigenvalue weighted by molar-refractivity contribution is 6.33. The van der Waals surface area contributed by atoms with Crippen molar-refractivity contribution in [2.75, 3.05) is 19.7 Å². The predicted octanol–water partition coefficient (Wildman–Crippen LogP) is 2.36. The average Bonchev–Trinajstić information content (AvgIpc) is 3.18. The smallest absolute Gasteiger partial charge is 0.317 e. The molecule has 0 radical (unpaired) electrons. The summed E-state index contributed by atoms with van der Waals surface area (Å²) in [5.41, 5.74) is 2.90. The molecule has 1 aliphatic heterocycles. The number of rotatable bonds is 5. The van der Waals surface area contributed by atoms with Crippen LogP contribution in [-0.4, -0.2) is 51.2 Å². The van der Waals surface area contributed by atoms with Crippen molar-refractivity contribution in [1.82, 2.24) is 24.8 Å². The summed E-state index contributed by atoms with van der Waals surface area (Å²) in [6.45, 7) is 2.84. The molecule has 2 amide bonds. The lowest BCUT2D eigenvalue weighted by molar-refractivity contribution is -0.142. The monoisotopic (exact) mass is 443 g/mol. The Hall–Kier alpha value is -3.33. The van der Waals surface area contributed by atoms with Crippen molar-refractivity contribution in [3.63, 3.8) is 0 Å². The first kappa shape index (κ1) is 20.9. The lowest BCUT2D eigenvalue weighted by Gasteiger charge is -2.27. The highest BCUT2D eigenvalue weighted by Gasteiger charge is 2.25. The van der Waals surface area contributed by atoms with Gasteiger partial charge in [0.05, 0.1) is 31.0 Å². The quantitative estimate of drug-likeness (QED) is 0.588. The summed E-state index contributed by atoms with van der Waals surface area (Å²) < 4.78 is 6.26. The number of aromatic nitrogens is 3. The number of carbonyl (C=O) groups excluding carboxylic acids is 2. The summed E-state index contributed by atoms with van der Waals surface area (Å²) in [6.07, 6.45) is 0.508. The molecular formula is C21H22ClN5O4. The summed E-state index contributed by atoms with van der Waals surface area (Å²) >= 11 is 6.28. The predicted molar refractivity (Wildman–Crippen MR) is 115 cm³/mol. The fraction of sp³-hybridized carbons (Fsp3) is 0.333. The maximum absolute atomic E-state index is 13.0. The number of H-pyrrole nitrogens is 1. The van der Waals surface area contributed by atoms with Gasteiger partial charge in [0.15, 0.2) is 5.65 Å². The second-order valence-electron chi connectivity index (χ2n) is 7.14. The van der Waals surface area contributed by atoms with E-state index in [1.165, 1.54) is 4.52 Å². The van der Waals surface area contributed by atoms with Crippen LogP contribution >= 0.6 is 11.6 Å². The first-order chi connectivity index (χ1) is 15.0. The number of amides is 2. The topological polar surface area (TPSA) is 109 Å². The Morgan fingerprint density at radius 1 is 1.32 bits per heavy atom. The summed E-state index contributed by atoms with van der Waals surface area (Å²) in [5.74, 6) is -0.356. The third kappa shape index (κ3) is 4.27. The third-order valence-corrected chi connectivity index (χ3v) is 5.46. The van der Waals surface area contributed by atoms with Crippen LogP contribution in [0, 0.1) is 0 Å². The number of aromatic amines is 1. The number of esters is 1. The van der Waals surface area contributed by atoms with Crippen molar-refractivity contribution in [3.8, 4) is 11.3 Å². The van der Waals surface area contributed by atoms with E-state index in [2.05, 4.69) is 15.4 Å². The Morgan fingerprint density at radius 3 is 2.90 bits per heavy atom. The molecule has 0 fully saturated rings. The van der Waals surface area contributed by atoms with Gasteiger partial charge in [-0.2, -0.15) is 0 Å². The van der Waals surface area contributed by atoms with Gasteiger partial charge in [0.1, 0.15) is 0 Å². The second-order valence-corrected chi connectivity index (χ2v) is 7.55. The minimum atomic E-state index is -0.356. The highest BCUT2D eigenvalue weighted by atomic mass is 35.5. The molecule has 0 atom stereocenters. The molecule has 1 aromatic carbocycles. The molecule has 0 bridgehead atoms.